The van der Waals surface area contributed by atoms with Crippen molar-refractivity contribution in [3.8, 4) is 5.75 Å². The number of hydrogen-bond acceptors (Lipinski definition) is 3. The van der Waals surface area contributed by atoms with Gasteiger partial charge in [0.15, 0.2) is 17.7 Å². The van der Waals surface area contributed by atoms with E-state index in [1.165, 1.54) is 37.3 Å². The Morgan fingerprint density at radius 3 is 2.21 bits per heavy atom. The minimum absolute atomic E-state index is 0.0613. The molecule has 0 fully saturated rings. The smallest absolute Gasteiger partial charge is 0.416 e. The molecular weight excluding hydrogens is 392 g/mol. The lowest BCUT2D eigenvalue weighted by molar-refractivity contribution is -0.137. The van der Waals surface area contributed by atoms with Gasteiger partial charge in [0, 0.05) is 6.42 Å². The molecule has 0 aromatic heterocycles. The molecule has 156 valence electrons. The summed E-state index contributed by atoms with van der Waals surface area (Å²) >= 11 is 0. The van der Waals surface area contributed by atoms with Crippen LogP contribution in [0.2, 0.25) is 0 Å². The highest BCUT2D eigenvalue weighted by molar-refractivity contribution is 5.84. The van der Waals surface area contributed by atoms with E-state index >= 15 is 0 Å². The average Bonchev–Trinajstić information content (AvgIpc) is 2.67. The van der Waals surface area contributed by atoms with Crippen molar-refractivity contribution in [1.29, 1.82) is 0 Å². The first-order valence-electron chi connectivity index (χ1n) is 8.75. The molecule has 0 saturated heterocycles. The van der Waals surface area contributed by atoms with Crippen LogP contribution in [0.1, 0.15) is 37.3 Å². The van der Waals surface area contributed by atoms with Crippen LogP contribution in [-0.4, -0.2) is 17.9 Å². The van der Waals surface area contributed by atoms with E-state index in [4.69, 9.17) is 4.74 Å². The molecule has 0 aliphatic heterocycles. The molecular formula is C20H20F4N2O3. The molecule has 2 atom stereocenters. The fraction of sp³-hybridized carbons (Fsp3) is 0.300. The summed E-state index contributed by atoms with van der Waals surface area (Å²) in [6.45, 7) is 3.06. The second-order valence-electron chi connectivity index (χ2n) is 6.45. The van der Waals surface area contributed by atoms with Gasteiger partial charge in [0.1, 0.15) is 0 Å². The van der Waals surface area contributed by atoms with Gasteiger partial charge in [-0.2, -0.15) is 13.2 Å². The highest BCUT2D eigenvalue weighted by Gasteiger charge is 2.30. The Labute approximate surface area is 165 Å². The Morgan fingerprint density at radius 2 is 1.62 bits per heavy atom. The van der Waals surface area contributed by atoms with Gasteiger partial charge in [0.2, 0.25) is 5.91 Å². The summed E-state index contributed by atoms with van der Waals surface area (Å²) in [7, 11) is 0. The van der Waals surface area contributed by atoms with E-state index in [0.29, 0.717) is 5.56 Å². The summed E-state index contributed by atoms with van der Waals surface area (Å²) in [6, 6.07) is 10.1. The first-order chi connectivity index (χ1) is 13.6. The molecule has 2 aromatic rings. The highest BCUT2D eigenvalue weighted by Crippen LogP contribution is 2.30. The van der Waals surface area contributed by atoms with Gasteiger partial charge in [0.05, 0.1) is 5.56 Å². The summed E-state index contributed by atoms with van der Waals surface area (Å²) in [5.41, 5.74) is 4.16. The number of carbonyl (C=O) groups is 2. The molecule has 2 amide bonds. The second-order valence-corrected chi connectivity index (χ2v) is 6.45. The van der Waals surface area contributed by atoms with Gasteiger partial charge in [0.25, 0.3) is 5.91 Å². The summed E-state index contributed by atoms with van der Waals surface area (Å²) in [6.07, 6.45) is -5.56. The number of carbonyl (C=O) groups excluding carboxylic acids is 2. The first-order valence-corrected chi connectivity index (χ1v) is 8.75. The number of benzene rings is 2. The van der Waals surface area contributed by atoms with Crippen molar-refractivity contribution < 1.29 is 31.9 Å². The Kier molecular flexibility index (Phi) is 7.19. The van der Waals surface area contributed by atoms with Crippen molar-refractivity contribution in [3.63, 3.8) is 0 Å². The van der Waals surface area contributed by atoms with Crippen LogP contribution in [0.15, 0.2) is 48.5 Å². The molecule has 2 aromatic carbocycles. The molecule has 0 spiro atoms. The van der Waals surface area contributed by atoms with Crippen molar-refractivity contribution in [3.05, 3.63) is 65.5 Å². The predicted octanol–water partition coefficient (Wildman–Crippen LogP) is 3.95. The van der Waals surface area contributed by atoms with E-state index in [2.05, 4.69) is 10.9 Å². The molecule has 2 unspecified atom stereocenters. The third kappa shape index (κ3) is 6.48. The third-order valence-electron chi connectivity index (χ3n) is 4.13. The Balaban J connectivity index is 1.82. The maximum atomic E-state index is 13.5. The van der Waals surface area contributed by atoms with Gasteiger partial charge in [-0.25, -0.2) is 4.39 Å². The summed E-state index contributed by atoms with van der Waals surface area (Å²) in [5.74, 6) is -2.33. The summed E-state index contributed by atoms with van der Waals surface area (Å²) in [5, 5.41) is 0. The van der Waals surface area contributed by atoms with Gasteiger partial charge < -0.3 is 4.74 Å². The van der Waals surface area contributed by atoms with Crippen LogP contribution in [-0.2, 0) is 15.8 Å². The fourth-order valence-corrected chi connectivity index (χ4v) is 2.46. The molecule has 0 aliphatic carbocycles. The molecule has 9 heteroatoms. The van der Waals surface area contributed by atoms with Crippen LogP contribution < -0.4 is 15.6 Å². The van der Waals surface area contributed by atoms with Crippen LogP contribution in [0.3, 0.4) is 0 Å². The number of nitrogens with one attached hydrogen (secondary N) is 2. The lowest BCUT2D eigenvalue weighted by Crippen LogP contribution is -2.47. The minimum atomic E-state index is -4.43. The molecule has 2 N–H and O–H groups in total. The summed E-state index contributed by atoms with van der Waals surface area (Å²) in [4.78, 5) is 24.0. The number of halogens is 4. The van der Waals surface area contributed by atoms with Gasteiger partial charge in [-0.15, -0.1) is 0 Å². The number of para-hydroxylation sites is 1. The second kappa shape index (κ2) is 9.40. The van der Waals surface area contributed by atoms with Crippen LogP contribution in [0.25, 0.3) is 0 Å². The normalized spacial score (nSPS) is 13.3. The molecule has 2 rings (SSSR count). The number of amides is 2. The molecule has 29 heavy (non-hydrogen) atoms. The van der Waals surface area contributed by atoms with Crippen molar-refractivity contribution in [1.82, 2.24) is 10.9 Å². The number of hydrazine groups is 1. The Hall–Kier alpha value is -3.10. The molecule has 0 heterocycles. The van der Waals surface area contributed by atoms with E-state index in [9.17, 15) is 27.2 Å². The van der Waals surface area contributed by atoms with E-state index < -0.39 is 35.5 Å². The van der Waals surface area contributed by atoms with E-state index in [1.54, 1.807) is 13.0 Å². The van der Waals surface area contributed by atoms with Gasteiger partial charge in [-0.3, -0.25) is 20.4 Å². The molecule has 5 nitrogen and oxygen atoms in total. The van der Waals surface area contributed by atoms with E-state index in [-0.39, 0.29) is 18.1 Å². The zero-order chi connectivity index (χ0) is 21.6. The lowest BCUT2D eigenvalue weighted by Gasteiger charge is -2.17. The van der Waals surface area contributed by atoms with Crippen molar-refractivity contribution in [2.45, 2.75) is 38.5 Å². The Bertz CT molecular complexity index is 854. The zero-order valence-corrected chi connectivity index (χ0v) is 15.7. The highest BCUT2D eigenvalue weighted by atomic mass is 19.4. The number of hydrogen-bond donors (Lipinski definition) is 2. The largest absolute Gasteiger partial charge is 0.478 e. The summed E-state index contributed by atoms with van der Waals surface area (Å²) < 4.78 is 56.5. The topological polar surface area (TPSA) is 67.4 Å². The van der Waals surface area contributed by atoms with Crippen LogP contribution >= 0.6 is 0 Å². The monoisotopic (exact) mass is 412 g/mol. The molecule has 0 radical (unpaired) electrons. The maximum absolute atomic E-state index is 13.5. The standard InChI is InChI=1S/C20H20F4N2O3/c1-12(14-7-9-15(10-8-14)20(22,23)24)11-18(27)25-26-19(28)13(2)29-17-6-4-3-5-16(17)21/h3-10,12-13H,11H2,1-2H3,(H,25,27)(H,26,28). The van der Waals surface area contributed by atoms with Gasteiger partial charge >= 0.3 is 6.18 Å². The van der Waals surface area contributed by atoms with E-state index in [1.807, 2.05) is 0 Å². The number of ether oxygens (including phenoxy) is 1. The van der Waals surface area contributed by atoms with E-state index in [0.717, 1.165) is 12.1 Å². The van der Waals surface area contributed by atoms with Crippen molar-refractivity contribution >= 4 is 11.8 Å². The number of alkyl halides is 3. The van der Waals surface area contributed by atoms with Gasteiger partial charge in [-0.1, -0.05) is 31.2 Å². The van der Waals surface area contributed by atoms with Crippen LogP contribution in [0.5, 0.6) is 5.75 Å². The first kappa shape index (κ1) is 22.2. The minimum Gasteiger partial charge on any atom is -0.478 e. The van der Waals surface area contributed by atoms with Crippen molar-refractivity contribution in [2.24, 2.45) is 0 Å². The molecule has 0 aliphatic rings. The SMILES string of the molecule is CC(Oc1ccccc1F)C(=O)NNC(=O)CC(C)c1ccc(C(F)(F)F)cc1. The predicted molar refractivity (Wildman–Crippen MR) is 97.3 cm³/mol. The quantitative estimate of drug-likeness (QED) is 0.558. The molecule has 0 bridgehead atoms. The average molecular weight is 412 g/mol. The lowest BCUT2D eigenvalue weighted by atomic mass is 9.96. The van der Waals surface area contributed by atoms with Crippen LogP contribution in [0.4, 0.5) is 17.6 Å². The van der Waals surface area contributed by atoms with Crippen molar-refractivity contribution in [2.75, 3.05) is 0 Å². The fourth-order valence-electron chi connectivity index (χ4n) is 2.46. The number of rotatable bonds is 6. The van der Waals surface area contributed by atoms with Gasteiger partial charge in [-0.05, 0) is 42.7 Å². The zero-order valence-electron chi connectivity index (χ0n) is 15.7. The Morgan fingerprint density at radius 1 is 1.00 bits per heavy atom. The van der Waals surface area contributed by atoms with Crippen LogP contribution in [0, 0.1) is 5.82 Å². The third-order valence-corrected chi connectivity index (χ3v) is 4.13. The molecule has 0 saturated carbocycles. The maximum Gasteiger partial charge on any atom is 0.416 e.